The summed E-state index contributed by atoms with van der Waals surface area (Å²) in [5, 5.41) is 0.678. The predicted octanol–water partition coefficient (Wildman–Crippen LogP) is 4.74. The maximum absolute atomic E-state index is 6.49. The molecule has 158 valence electrons. The van der Waals surface area contributed by atoms with Crippen LogP contribution in [0.3, 0.4) is 0 Å². The van der Waals surface area contributed by atoms with Crippen LogP contribution < -0.4 is 9.64 Å². The molecule has 0 aliphatic carbocycles. The van der Waals surface area contributed by atoms with Gasteiger partial charge in [-0.1, -0.05) is 18.0 Å². The fraction of sp³-hybridized carbons (Fsp3) is 0.478. The number of pyridine rings is 1. The van der Waals surface area contributed by atoms with Crippen molar-refractivity contribution in [2.24, 2.45) is 0 Å². The molecule has 2 aliphatic heterocycles. The molecule has 2 saturated heterocycles. The van der Waals surface area contributed by atoms with E-state index in [0.29, 0.717) is 10.7 Å². The number of rotatable bonds is 6. The van der Waals surface area contributed by atoms with E-state index in [4.69, 9.17) is 21.3 Å². The van der Waals surface area contributed by atoms with Crippen molar-refractivity contribution in [2.45, 2.75) is 32.1 Å². The van der Waals surface area contributed by atoms with Gasteiger partial charge in [0, 0.05) is 25.2 Å². The Morgan fingerprint density at radius 2 is 1.70 bits per heavy atom. The number of anilines is 1. The summed E-state index contributed by atoms with van der Waals surface area (Å²) in [6, 6.07) is 8.12. The molecule has 6 nitrogen and oxygen atoms in total. The van der Waals surface area contributed by atoms with E-state index in [-0.39, 0.29) is 0 Å². The number of ether oxygens (including phenoxy) is 1. The Morgan fingerprint density at radius 3 is 2.47 bits per heavy atom. The smallest absolute Gasteiger partial charge is 0.180 e. The maximum Gasteiger partial charge on any atom is 0.180 e. The largest absolute Gasteiger partial charge is 0.492 e. The van der Waals surface area contributed by atoms with Gasteiger partial charge in [0.1, 0.15) is 23.7 Å². The van der Waals surface area contributed by atoms with E-state index in [1.807, 2.05) is 24.3 Å². The van der Waals surface area contributed by atoms with E-state index >= 15 is 0 Å². The number of aromatic amines is 1. The number of aromatic nitrogens is 3. The zero-order chi connectivity index (χ0) is 20.3. The number of hydrogen-bond acceptors (Lipinski definition) is 5. The Morgan fingerprint density at radius 1 is 0.967 bits per heavy atom. The van der Waals surface area contributed by atoms with Crippen LogP contribution in [0.5, 0.6) is 5.75 Å². The molecule has 7 heteroatoms. The molecule has 4 heterocycles. The summed E-state index contributed by atoms with van der Waals surface area (Å²) in [7, 11) is 0. The number of benzene rings is 1. The lowest BCUT2D eigenvalue weighted by atomic mass is 10.1. The molecule has 2 aromatic heterocycles. The van der Waals surface area contributed by atoms with Gasteiger partial charge in [-0.05, 0) is 63.0 Å². The molecule has 0 atom stereocenters. The van der Waals surface area contributed by atoms with Gasteiger partial charge in [0.2, 0.25) is 0 Å². The van der Waals surface area contributed by atoms with E-state index in [0.717, 1.165) is 54.6 Å². The monoisotopic (exact) mass is 425 g/mol. The van der Waals surface area contributed by atoms with Crippen molar-refractivity contribution in [3.8, 4) is 17.1 Å². The van der Waals surface area contributed by atoms with Crippen LogP contribution in [0.1, 0.15) is 32.1 Å². The Bertz CT molecular complexity index is 991. The SMILES string of the molecule is Clc1cnc2nc(-c3ccc(OCCN4CCCCC4)cc3)[nH]c2c1N1CCCC1. The molecule has 0 radical (unpaired) electrons. The lowest BCUT2D eigenvalue weighted by Crippen LogP contribution is -2.33. The second-order valence-electron chi connectivity index (χ2n) is 8.21. The standard InChI is InChI=1S/C23H28ClN5O/c24-19-16-25-23-20(21(19)29-12-4-5-13-29)26-22(27-23)17-6-8-18(9-7-17)30-15-14-28-10-2-1-3-11-28/h6-9,16H,1-5,10-15H2,(H,25,26,27). The molecule has 0 spiro atoms. The number of piperidine rings is 1. The number of nitrogens with zero attached hydrogens (tertiary/aromatic N) is 4. The van der Waals surface area contributed by atoms with E-state index in [9.17, 15) is 0 Å². The van der Waals surface area contributed by atoms with Gasteiger partial charge < -0.3 is 14.6 Å². The third kappa shape index (κ3) is 4.12. The number of nitrogens with one attached hydrogen (secondary N) is 1. The van der Waals surface area contributed by atoms with Gasteiger partial charge in [0.25, 0.3) is 0 Å². The topological polar surface area (TPSA) is 57.3 Å². The summed E-state index contributed by atoms with van der Waals surface area (Å²) in [4.78, 5) is 17.4. The molecule has 30 heavy (non-hydrogen) atoms. The number of imidazole rings is 1. The van der Waals surface area contributed by atoms with Crippen LogP contribution in [-0.2, 0) is 0 Å². The van der Waals surface area contributed by atoms with Gasteiger partial charge in [0.15, 0.2) is 5.65 Å². The highest BCUT2D eigenvalue weighted by molar-refractivity contribution is 6.34. The van der Waals surface area contributed by atoms with Crippen LogP contribution in [0, 0.1) is 0 Å². The van der Waals surface area contributed by atoms with Gasteiger partial charge >= 0.3 is 0 Å². The van der Waals surface area contributed by atoms with Crippen molar-refractivity contribution >= 4 is 28.5 Å². The van der Waals surface area contributed by atoms with Crippen molar-refractivity contribution in [2.75, 3.05) is 44.2 Å². The van der Waals surface area contributed by atoms with E-state index in [1.165, 1.54) is 45.2 Å². The maximum atomic E-state index is 6.49. The number of fused-ring (bicyclic) bond motifs is 1. The molecule has 0 saturated carbocycles. The van der Waals surface area contributed by atoms with Gasteiger partial charge in [-0.15, -0.1) is 0 Å². The molecule has 1 aromatic carbocycles. The van der Waals surface area contributed by atoms with Crippen LogP contribution in [-0.4, -0.2) is 59.2 Å². The minimum atomic E-state index is 0.678. The highest BCUT2D eigenvalue weighted by atomic mass is 35.5. The second-order valence-corrected chi connectivity index (χ2v) is 8.62. The summed E-state index contributed by atoms with van der Waals surface area (Å²) >= 11 is 6.49. The zero-order valence-corrected chi connectivity index (χ0v) is 18.0. The molecule has 0 amide bonds. The van der Waals surface area contributed by atoms with Crippen molar-refractivity contribution < 1.29 is 4.74 Å². The lowest BCUT2D eigenvalue weighted by Gasteiger charge is -2.26. The average Bonchev–Trinajstić information content (AvgIpc) is 3.45. The number of hydrogen-bond donors (Lipinski definition) is 1. The molecular formula is C23H28ClN5O. The molecule has 1 N–H and O–H groups in total. The number of halogens is 1. The van der Waals surface area contributed by atoms with Gasteiger partial charge in [-0.25, -0.2) is 9.97 Å². The van der Waals surface area contributed by atoms with Gasteiger partial charge in [-0.2, -0.15) is 0 Å². The minimum Gasteiger partial charge on any atom is -0.492 e. The van der Waals surface area contributed by atoms with Gasteiger partial charge in [-0.3, -0.25) is 4.90 Å². The fourth-order valence-corrected chi connectivity index (χ4v) is 4.76. The van der Waals surface area contributed by atoms with Crippen LogP contribution in [0.4, 0.5) is 5.69 Å². The van der Waals surface area contributed by atoms with E-state index in [1.54, 1.807) is 6.20 Å². The van der Waals surface area contributed by atoms with E-state index in [2.05, 4.69) is 19.8 Å². The summed E-state index contributed by atoms with van der Waals surface area (Å²) in [6.07, 6.45) is 8.08. The highest BCUT2D eigenvalue weighted by Crippen LogP contribution is 2.35. The molecule has 2 fully saturated rings. The first kappa shape index (κ1) is 19.6. The van der Waals surface area contributed by atoms with Crippen LogP contribution in [0.25, 0.3) is 22.6 Å². The summed E-state index contributed by atoms with van der Waals surface area (Å²) in [5.41, 5.74) is 3.66. The summed E-state index contributed by atoms with van der Waals surface area (Å²) in [5.74, 6) is 1.70. The quantitative estimate of drug-likeness (QED) is 0.618. The molecule has 0 bridgehead atoms. The normalized spacial score (nSPS) is 17.7. The molecule has 2 aliphatic rings. The minimum absolute atomic E-state index is 0.678. The molecule has 5 rings (SSSR count). The molecule has 3 aromatic rings. The molecule has 0 unspecified atom stereocenters. The Hall–Kier alpha value is -2.31. The summed E-state index contributed by atoms with van der Waals surface area (Å²) in [6.45, 7) is 6.17. The van der Waals surface area contributed by atoms with Crippen molar-refractivity contribution in [3.63, 3.8) is 0 Å². The lowest BCUT2D eigenvalue weighted by molar-refractivity contribution is 0.183. The van der Waals surface area contributed by atoms with Crippen LogP contribution >= 0.6 is 11.6 Å². The van der Waals surface area contributed by atoms with Crippen LogP contribution in [0.15, 0.2) is 30.5 Å². The van der Waals surface area contributed by atoms with E-state index < -0.39 is 0 Å². The first-order valence-electron chi connectivity index (χ1n) is 11.0. The number of H-pyrrole nitrogens is 1. The first-order valence-corrected chi connectivity index (χ1v) is 11.4. The third-order valence-electron chi connectivity index (χ3n) is 6.12. The first-order chi connectivity index (χ1) is 14.8. The van der Waals surface area contributed by atoms with Crippen molar-refractivity contribution in [1.82, 2.24) is 19.9 Å². The molecular weight excluding hydrogens is 398 g/mol. The fourth-order valence-electron chi connectivity index (χ4n) is 4.49. The highest BCUT2D eigenvalue weighted by Gasteiger charge is 2.21. The van der Waals surface area contributed by atoms with Crippen molar-refractivity contribution in [1.29, 1.82) is 0 Å². The zero-order valence-electron chi connectivity index (χ0n) is 17.2. The second kappa shape index (κ2) is 8.82. The third-order valence-corrected chi connectivity index (χ3v) is 6.40. The number of likely N-dealkylation sites (tertiary alicyclic amines) is 1. The van der Waals surface area contributed by atoms with Crippen molar-refractivity contribution in [3.05, 3.63) is 35.5 Å². The van der Waals surface area contributed by atoms with Crippen LogP contribution in [0.2, 0.25) is 5.02 Å². The Balaban J connectivity index is 1.30. The average molecular weight is 426 g/mol. The predicted molar refractivity (Wildman–Crippen MR) is 122 cm³/mol. The Kier molecular flexibility index (Phi) is 5.77. The van der Waals surface area contributed by atoms with Gasteiger partial charge in [0.05, 0.1) is 16.9 Å². The summed E-state index contributed by atoms with van der Waals surface area (Å²) < 4.78 is 5.95. The Labute approximate surface area is 182 Å².